The minimum Gasteiger partial charge on any atom is -0.481 e. The molecule has 1 aromatic rings. The van der Waals surface area contributed by atoms with Crippen molar-refractivity contribution in [3.8, 4) is 0 Å². The van der Waals surface area contributed by atoms with Crippen LogP contribution in [0.2, 0.25) is 0 Å². The fraction of sp³-hybridized carbons (Fsp3) is 0.478. The van der Waals surface area contributed by atoms with E-state index >= 15 is 0 Å². The van der Waals surface area contributed by atoms with Gasteiger partial charge in [0, 0.05) is 23.8 Å². The molecule has 8 nitrogen and oxygen atoms in total. The Bertz CT molecular complexity index is 986. The molecule has 1 unspecified atom stereocenters. The van der Waals surface area contributed by atoms with Gasteiger partial charge in [-0.2, -0.15) is 0 Å². The second kappa shape index (κ2) is 10.2. The van der Waals surface area contributed by atoms with Crippen molar-refractivity contribution in [1.82, 2.24) is 4.90 Å². The normalized spacial score (nSPS) is 21.7. The first-order valence-electron chi connectivity index (χ1n) is 10.4. The Morgan fingerprint density at radius 3 is 2.45 bits per heavy atom. The topological polar surface area (TPSA) is 94.5 Å². The predicted molar refractivity (Wildman–Crippen MR) is 129 cm³/mol. The number of esters is 2. The first-order chi connectivity index (χ1) is 15.6. The smallest absolute Gasteiger partial charge is 0.355 e. The van der Waals surface area contributed by atoms with E-state index in [4.69, 9.17) is 14.2 Å². The molecule has 1 amide bonds. The molecular formula is C23H28N2O6S2. The number of carbonyl (C=O) groups excluding carboxylic acids is 3. The average molecular weight is 493 g/mol. The standard InChI is InChI=1S/C23H28N2O6S2/c1-13(26)30-22(32-6)15-12-33-20-16(24-18(29-5)14-10-8-7-9-11-14)19(27)25(20)17(15)21(28)31-23(2,3)4/h7-11,16,20,22H,12H2,1-6H3/t16-,20+,22?/m0/s1. The van der Waals surface area contributed by atoms with Crippen LogP contribution in [0.1, 0.15) is 33.3 Å². The first-order valence-corrected chi connectivity index (χ1v) is 12.7. The summed E-state index contributed by atoms with van der Waals surface area (Å²) in [5, 5.41) is -0.391. The Balaban J connectivity index is 1.98. The minimum atomic E-state index is -0.756. The summed E-state index contributed by atoms with van der Waals surface area (Å²) in [6.45, 7) is 6.58. The molecule has 2 heterocycles. The number of fused-ring (bicyclic) bond motifs is 1. The zero-order valence-electron chi connectivity index (χ0n) is 19.5. The number of ether oxygens (including phenoxy) is 3. The zero-order valence-corrected chi connectivity index (χ0v) is 21.1. The number of methoxy groups -OCH3 is 1. The summed E-state index contributed by atoms with van der Waals surface area (Å²) in [7, 11) is 1.51. The van der Waals surface area contributed by atoms with E-state index in [0.717, 1.165) is 5.56 Å². The van der Waals surface area contributed by atoms with Gasteiger partial charge in [0.05, 0.1) is 7.11 Å². The Morgan fingerprint density at radius 2 is 1.91 bits per heavy atom. The van der Waals surface area contributed by atoms with Gasteiger partial charge < -0.3 is 14.2 Å². The van der Waals surface area contributed by atoms with Crippen LogP contribution in [0, 0.1) is 0 Å². The van der Waals surface area contributed by atoms with Crippen molar-refractivity contribution in [2.75, 3.05) is 19.1 Å². The molecule has 1 fully saturated rings. The highest BCUT2D eigenvalue weighted by Gasteiger charge is 2.55. The maximum atomic E-state index is 13.2. The number of hydrogen-bond acceptors (Lipinski definition) is 9. The van der Waals surface area contributed by atoms with Crippen LogP contribution in [0.15, 0.2) is 46.6 Å². The van der Waals surface area contributed by atoms with E-state index in [1.165, 1.54) is 42.5 Å². The van der Waals surface area contributed by atoms with E-state index in [9.17, 15) is 14.4 Å². The third-order valence-electron chi connectivity index (χ3n) is 4.80. The molecule has 2 aliphatic heterocycles. The predicted octanol–water partition coefficient (Wildman–Crippen LogP) is 3.21. The Hall–Kier alpha value is -2.46. The van der Waals surface area contributed by atoms with E-state index in [1.54, 1.807) is 27.0 Å². The highest BCUT2D eigenvalue weighted by molar-refractivity contribution is 8.01. The van der Waals surface area contributed by atoms with Crippen molar-refractivity contribution in [2.24, 2.45) is 4.99 Å². The number of hydrogen-bond donors (Lipinski definition) is 0. The summed E-state index contributed by atoms with van der Waals surface area (Å²) in [6.07, 6.45) is 1.78. The minimum absolute atomic E-state index is 0.129. The van der Waals surface area contributed by atoms with Crippen LogP contribution in [-0.2, 0) is 28.6 Å². The fourth-order valence-electron chi connectivity index (χ4n) is 3.47. The SMILES string of the molecule is COC(=N[C@H]1C(=O)N2C(C(=O)OC(C)(C)C)=C(C(OC(C)=O)SC)CS[C@H]12)c1ccccc1. The van der Waals surface area contributed by atoms with Crippen LogP contribution in [0.3, 0.4) is 0 Å². The number of thioether (sulfide) groups is 2. The largest absolute Gasteiger partial charge is 0.481 e. The first kappa shape index (κ1) is 25.2. The lowest BCUT2D eigenvalue weighted by Gasteiger charge is -2.48. The number of rotatable bonds is 6. The summed E-state index contributed by atoms with van der Waals surface area (Å²) in [4.78, 5) is 44.0. The van der Waals surface area contributed by atoms with Crippen LogP contribution in [0.25, 0.3) is 0 Å². The summed E-state index contributed by atoms with van der Waals surface area (Å²) in [5.41, 5.74) is -0.0304. The molecule has 0 N–H and O–H groups in total. The second-order valence-corrected chi connectivity index (χ2v) is 10.4. The summed E-state index contributed by atoms with van der Waals surface area (Å²) in [6, 6.07) is 8.61. The Morgan fingerprint density at radius 1 is 1.24 bits per heavy atom. The van der Waals surface area contributed by atoms with Crippen molar-refractivity contribution in [3.05, 3.63) is 47.2 Å². The summed E-state index contributed by atoms with van der Waals surface area (Å²) < 4.78 is 16.5. The van der Waals surface area contributed by atoms with Gasteiger partial charge in [-0.25, -0.2) is 9.79 Å². The highest BCUT2D eigenvalue weighted by atomic mass is 32.2. The molecule has 0 aromatic heterocycles. The number of aliphatic imine (C=N–C) groups is 1. The molecule has 10 heteroatoms. The lowest BCUT2D eigenvalue weighted by molar-refractivity contribution is -0.158. The van der Waals surface area contributed by atoms with Gasteiger partial charge in [-0.3, -0.25) is 14.5 Å². The molecule has 33 heavy (non-hydrogen) atoms. The average Bonchev–Trinajstić information content (AvgIpc) is 2.76. The van der Waals surface area contributed by atoms with Gasteiger partial charge in [0.25, 0.3) is 5.91 Å². The van der Waals surface area contributed by atoms with Gasteiger partial charge in [0.1, 0.15) is 16.7 Å². The molecule has 0 saturated carbocycles. The summed E-state index contributed by atoms with van der Waals surface area (Å²) >= 11 is 2.74. The molecule has 0 bridgehead atoms. The van der Waals surface area contributed by atoms with Gasteiger partial charge in [0.15, 0.2) is 11.5 Å². The van der Waals surface area contributed by atoms with E-state index in [2.05, 4.69) is 4.99 Å². The molecule has 1 aromatic carbocycles. The number of benzene rings is 1. The van der Waals surface area contributed by atoms with E-state index < -0.39 is 34.4 Å². The van der Waals surface area contributed by atoms with Crippen molar-refractivity contribution < 1.29 is 28.6 Å². The number of β-lactam (4-membered cyclic amide) rings is 1. The van der Waals surface area contributed by atoms with Crippen LogP contribution in [-0.4, -0.2) is 70.2 Å². The molecular weight excluding hydrogens is 464 g/mol. The van der Waals surface area contributed by atoms with Crippen molar-refractivity contribution in [2.45, 2.75) is 50.1 Å². The quantitative estimate of drug-likeness (QED) is 0.196. The molecule has 1 saturated heterocycles. The molecule has 0 radical (unpaired) electrons. The van der Waals surface area contributed by atoms with Crippen LogP contribution in [0.4, 0.5) is 0 Å². The fourth-order valence-corrected chi connectivity index (χ4v) is 5.64. The van der Waals surface area contributed by atoms with E-state index in [1.807, 2.05) is 30.3 Å². The van der Waals surface area contributed by atoms with Crippen molar-refractivity contribution in [3.63, 3.8) is 0 Å². The van der Waals surface area contributed by atoms with Crippen molar-refractivity contribution in [1.29, 1.82) is 0 Å². The van der Waals surface area contributed by atoms with Crippen LogP contribution < -0.4 is 0 Å². The summed E-state index contributed by atoms with van der Waals surface area (Å²) in [5.74, 6) is -0.688. The maximum absolute atomic E-state index is 13.2. The number of carbonyl (C=O) groups is 3. The van der Waals surface area contributed by atoms with Crippen LogP contribution in [0.5, 0.6) is 0 Å². The van der Waals surface area contributed by atoms with Gasteiger partial charge in [0.2, 0.25) is 5.90 Å². The Labute approximate surface area is 202 Å². The monoisotopic (exact) mass is 492 g/mol. The molecule has 2 aliphatic rings. The van der Waals surface area contributed by atoms with Gasteiger partial charge in [-0.15, -0.1) is 23.5 Å². The lowest BCUT2D eigenvalue weighted by Crippen LogP contribution is -2.65. The molecule has 3 atom stereocenters. The second-order valence-electron chi connectivity index (χ2n) is 8.41. The molecule has 178 valence electrons. The molecule has 0 aliphatic carbocycles. The van der Waals surface area contributed by atoms with Gasteiger partial charge in [-0.1, -0.05) is 18.2 Å². The number of nitrogens with zero attached hydrogens (tertiary/aromatic N) is 2. The van der Waals surface area contributed by atoms with Gasteiger partial charge >= 0.3 is 11.9 Å². The highest BCUT2D eigenvalue weighted by Crippen LogP contribution is 2.44. The molecule has 0 spiro atoms. The third-order valence-corrected chi connectivity index (χ3v) is 6.90. The Kier molecular flexibility index (Phi) is 7.79. The van der Waals surface area contributed by atoms with E-state index in [-0.39, 0.29) is 11.6 Å². The maximum Gasteiger partial charge on any atom is 0.355 e. The van der Waals surface area contributed by atoms with Crippen LogP contribution >= 0.6 is 23.5 Å². The number of amides is 1. The van der Waals surface area contributed by atoms with E-state index in [0.29, 0.717) is 17.2 Å². The third kappa shape index (κ3) is 5.55. The van der Waals surface area contributed by atoms with Crippen molar-refractivity contribution >= 4 is 47.3 Å². The zero-order chi connectivity index (χ0) is 24.3. The van der Waals surface area contributed by atoms with Gasteiger partial charge in [-0.05, 0) is 39.2 Å². The lowest BCUT2D eigenvalue weighted by atomic mass is 10.0. The molecule has 3 rings (SSSR count).